The molecule has 0 unspecified atom stereocenters. The van der Waals surface area contributed by atoms with E-state index in [0.29, 0.717) is 16.4 Å². The van der Waals surface area contributed by atoms with E-state index < -0.39 is 5.91 Å². The zero-order valence-corrected chi connectivity index (χ0v) is 13.7. The van der Waals surface area contributed by atoms with Crippen LogP contribution in [0.1, 0.15) is 22.8 Å². The standard InChI is InChI=1S/C17H17NO4S/c1-3-23-16-9(2)11(7-12(19)15(16)17(18)20)10-4-5-13-14(6-10)22-8-21-13/h4-7,19H,3,8H2,1-2H3,(H2,18,20). The normalized spacial score (nSPS) is 12.4. The number of ether oxygens (including phenoxy) is 2. The summed E-state index contributed by atoms with van der Waals surface area (Å²) >= 11 is 1.49. The molecule has 1 amide bonds. The molecule has 0 spiro atoms. The Hall–Kier alpha value is -2.34. The second-order valence-corrected chi connectivity index (χ2v) is 6.41. The molecular formula is C17H17NO4S. The highest BCUT2D eigenvalue weighted by Crippen LogP contribution is 2.42. The van der Waals surface area contributed by atoms with Crippen molar-refractivity contribution in [2.24, 2.45) is 5.73 Å². The lowest BCUT2D eigenvalue weighted by Gasteiger charge is -2.16. The highest BCUT2D eigenvalue weighted by Gasteiger charge is 2.21. The molecule has 1 aliphatic rings. The van der Waals surface area contributed by atoms with Crippen LogP contribution in [0.5, 0.6) is 17.2 Å². The van der Waals surface area contributed by atoms with Crippen molar-refractivity contribution in [3.05, 3.63) is 35.4 Å². The average Bonchev–Trinajstić information content (AvgIpc) is 2.97. The van der Waals surface area contributed by atoms with Crippen molar-refractivity contribution in [3.8, 4) is 28.4 Å². The van der Waals surface area contributed by atoms with Crippen LogP contribution in [0.4, 0.5) is 0 Å². The summed E-state index contributed by atoms with van der Waals surface area (Å²) < 4.78 is 10.7. The van der Waals surface area contributed by atoms with Gasteiger partial charge in [-0.1, -0.05) is 13.0 Å². The minimum Gasteiger partial charge on any atom is -0.507 e. The maximum atomic E-state index is 11.7. The van der Waals surface area contributed by atoms with E-state index in [9.17, 15) is 9.90 Å². The average molecular weight is 331 g/mol. The zero-order valence-electron chi connectivity index (χ0n) is 12.9. The maximum absolute atomic E-state index is 11.7. The second kappa shape index (κ2) is 6.04. The number of amides is 1. The van der Waals surface area contributed by atoms with Crippen LogP contribution < -0.4 is 15.2 Å². The first kappa shape index (κ1) is 15.6. The number of carbonyl (C=O) groups excluding carboxylic acids is 1. The highest BCUT2D eigenvalue weighted by molar-refractivity contribution is 7.99. The number of hydrogen-bond acceptors (Lipinski definition) is 5. The van der Waals surface area contributed by atoms with E-state index in [1.807, 2.05) is 32.0 Å². The summed E-state index contributed by atoms with van der Waals surface area (Å²) in [5, 5.41) is 10.3. The molecule has 0 fully saturated rings. The summed E-state index contributed by atoms with van der Waals surface area (Å²) in [5.74, 6) is 1.41. The SMILES string of the molecule is CCSc1c(C)c(-c2ccc3c(c2)OCO3)cc(O)c1C(N)=O. The predicted molar refractivity (Wildman–Crippen MR) is 89.3 cm³/mol. The maximum Gasteiger partial charge on any atom is 0.253 e. The first-order valence-corrected chi connectivity index (χ1v) is 8.20. The third-order valence-corrected chi connectivity index (χ3v) is 4.82. The van der Waals surface area contributed by atoms with Crippen LogP contribution in [0.25, 0.3) is 11.1 Å². The number of primary amides is 1. The fourth-order valence-corrected chi connectivity index (χ4v) is 3.63. The molecule has 5 nitrogen and oxygen atoms in total. The lowest BCUT2D eigenvalue weighted by Crippen LogP contribution is -2.13. The van der Waals surface area contributed by atoms with Gasteiger partial charge in [-0.3, -0.25) is 4.79 Å². The molecule has 0 radical (unpaired) electrons. The second-order valence-electron chi connectivity index (χ2n) is 5.14. The Morgan fingerprint density at radius 3 is 2.74 bits per heavy atom. The number of nitrogens with two attached hydrogens (primary N) is 1. The van der Waals surface area contributed by atoms with Crippen molar-refractivity contribution >= 4 is 17.7 Å². The van der Waals surface area contributed by atoms with Gasteiger partial charge in [-0.15, -0.1) is 11.8 Å². The Morgan fingerprint density at radius 1 is 1.30 bits per heavy atom. The smallest absolute Gasteiger partial charge is 0.253 e. The van der Waals surface area contributed by atoms with Gasteiger partial charge in [0.2, 0.25) is 6.79 Å². The Balaban J connectivity index is 2.18. The fraction of sp³-hybridized carbons (Fsp3) is 0.235. The molecule has 0 saturated carbocycles. The Kier molecular flexibility index (Phi) is 4.09. The van der Waals surface area contributed by atoms with Gasteiger partial charge in [0, 0.05) is 4.90 Å². The van der Waals surface area contributed by atoms with Gasteiger partial charge in [-0.2, -0.15) is 0 Å². The summed E-state index contributed by atoms with van der Waals surface area (Å²) in [6.45, 7) is 4.11. The lowest BCUT2D eigenvalue weighted by molar-refractivity contribution is 0.0994. The van der Waals surface area contributed by atoms with Crippen LogP contribution in [0.3, 0.4) is 0 Å². The van der Waals surface area contributed by atoms with Crippen molar-refractivity contribution in [3.63, 3.8) is 0 Å². The molecule has 0 aliphatic carbocycles. The van der Waals surface area contributed by atoms with E-state index in [0.717, 1.165) is 22.4 Å². The van der Waals surface area contributed by atoms with Gasteiger partial charge in [0.25, 0.3) is 5.91 Å². The molecule has 0 saturated heterocycles. The molecule has 2 aromatic rings. The molecule has 3 N–H and O–H groups in total. The summed E-state index contributed by atoms with van der Waals surface area (Å²) in [6, 6.07) is 7.18. The number of aromatic hydroxyl groups is 1. The zero-order chi connectivity index (χ0) is 16.6. The van der Waals surface area contributed by atoms with Crippen molar-refractivity contribution in [2.45, 2.75) is 18.7 Å². The highest BCUT2D eigenvalue weighted by atomic mass is 32.2. The van der Waals surface area contributed by atoms with Gasteiger partial charge in [0.05, 0.1) is 5.56 Å². The molecule has 3 rings (SSSR count). The molecular weight excluding hydrogens is 314 g/mol. The van der Waals surface area contributed by atoms with Crippen LogP contribution in [-0.4, -0.2) is 23.6 Å². The van der Waals surface area contributed by atoms with Crippen molar-refractivity contribution in [2.75, 3.05) is 12.5 Å². The van der Waals surface area contributed by atoms with Gasteiger partial charge < -0.3 is 20.3 Å². The predicted octanol–water partition coefficient (Wildman–Crippen LogP) is 3.31. The summed E-state index contributed by atoms with van der Waals surface area (Å²) in [5.41, 5.74) is 8.23. The lowest BCUT2D eigenvalue weighted by atomic mass is 9.97. The van der Waals surface area contributed by atoms with Crippen molar-refractivity contribution in [1.29, 1.82) is 0 Å². The van der Waals surface area contributed by atoms with E-state index in [-0.39, 0.29) is 18.1 Å². The molecule has 23 heavy (non-hydrogen) atoms. The van der Waals surface area contributed by atoms with Crippen LogP contribution in [-0.2, 0) is 0 Å². The molecule has 0 aromatic heterocycles. The van der Waals surface area contributed by atoms with Gasteiger partial charge in [0.1, 0.15) is 5.75 Å². The van der Waals surface area contributed by atoms with Gasteiger partial charge in [-0.25, -0.2) is 0 Å². The number of fused-ring (bicyclic) bond motifs is 1. The number of rotatable bonds is 4. The number of benzene rings is 2. The molecule has 0 bridgehead atoms. The molecule has 0 atom stereocenters. The van der Waals surface area contributed by atoms with Gasteiger partial charge in [0.15, 0.2) is 11.5 Å². The summed E-state index contributed by atoms with van der Waals surface area (Å²) in [4.78, 5) is 12.4. The minimum absolute atomic E-state index is 0.105. The third kappa shape index (κ3) is 2.70. The Bertz CT molecular complexity index is 789. The minimum atomic E-state index is -0.626. The molecule has 2 aromatic carbocycles. The largest absolute Gasteiger partial charge is 0.507 e. The van der Waals surface area contributed by atoms with Crippen LogP contribution in [0, 0.1) is 6.92 Å². The Labute approximate surface area is 138 Å². The molecule has 1 heterocycles. The summed E-state index contributed by atoms with van der Waals surface area (Å²) in [6.07, 6.45) is 0. The monoisotopic (exact) mass is 331 g/mol. The summed E-state index contributed by atoms with van der Waals surface area (Å²) in [7, 11) is 0. The van der Waals surface area contributed by atoms with Crippen LogP contribution in [0.2, 0.25) is 0 Å². The molecule has 120 valence electrons. The first-order valence-electron chi connectivity index (χ1n) is 7.22. The first-order chi connectivity index (χ1) is 11.0. The van der Waals surface area contributed by atoms with E-state index in [2.05, 4.69) is 0 Å². The van der Waals surface area contributed by atoms with Crippen molar-refractivity contribution in [1.82, 2.24) is 0 Å². The van der Waals surface area contributed by atoms with Crippen molar-refractivity contribution < 1.29 is 19.4 Å². The molecule has 6 heteroatoms. The van der Waals surface area contributed by atoms with Gasteiger partial charge >= 0.3 is 0 Å². The fourth-order valence-electron chi connectivity index (χ4n) is 2.67. The van der Waals surface area contributed by atoms with E-state index in [1.165, 1.54) is 11.8 Å². The number of phenols is 1. The Morgan fingerprint density at radius 2 is 2.04 bits per heavy atom. The quantitative estimate of drug-likeness (QED) is 0.840. The van der Waals surface area contributed by atoms with E-state index >= 15 is 0 Å². The van der Waals surface area contributed by atoms with E-state index in [1.54, 1.807) is 6.07 Å². The van der Waals surface area contributed by atoms with Crippen LogP contribution in [0.15, 0.2) is 29.2 Å². The number of hydrogen-bond donors (Lipinski definition) is 2. The number of carbonyl (C=O) groups is 1. The van der Waals surface area contributed by atoms with Crippen LogP contribution >= 0.6 is 11.8 Å². The van der Waals surface area contributed by atoms with Gasteiger partial charge in [-0.05, 0) is 47.6 Å². The topological polar surface area (TPSA) is 81.8 Å². The number of thioether (sulfide) groups is 1. The van der Waals surface area contributed by atoms with E-state index in [4.69, 9.17) is 15.2 Å². The molecule has 1 aliphatic heterocycles. The third-order valence-electron chi connectivity index (χ3n) is 3.73.